The van der Waals surface area contributed by atoms with Crippen molar-refractivity contribution in [2.24, 2.45) is 17.8 Å². The molecule has 32 heavy (non-hydrogen) atoms. The van der Waals surface area contributed by atoms with Crippen LogP contribution >= 0.6 is 11.6 Å². The van der Waals surface area contributed by atoms with E-state index < -0.39 is 18.5 Å². The molecule has 0 spiro atoms. The highest BCUT2D eigenvalue weighted by molar-refractivity contribution is 6.30. The SMILES string of the molecule is C[C@@H]1CC[C@H]2C(=O)N(c3cccc(C(=O)OCC(=O)Nc4cccc(Cl)c4)c3)C(=O)[C@@H]2C1. The highest BCUT2D eigenvalue weighted by Crippen LogP contribution is 2.42. The van der Waals surface area contributed by atoms with E-state index in [9.17, 15) is 19.2 Å². The summed E-state index contributed by atoms with van der Waals surface area (Å²) in [5.41, 5.74) is 0.990. The van der Waals surface area contributed by atoms with Crippen molar-refractivity contribution in [2.75, 3.05) is 16.8 Å². The summed E-state index contributed by atoms with van der Waals surface area (Å²) in [6.07, 6.45) is 2.34. The number of benzene rings is 2. The molecule has 2 fully saturated rings. The van der Waals surface area contributed by atoms with Gasteiger partial charge < -0.3 is 10.1 Å². The maximum Gasteiger partial charge on any atom is 0.338 e. The molecule has 8 heteroatoms. The van der Waals surface area contributed by atoms with Crippen molar-refractivity contribution in [1.82, 2.24) is 0 Å². The number of imide groups is 1. The Kier molecular flexibility index (Phi) is 6.28. The smallest absolute Gasteiger partial charge is 0.338 e. The van der Waals surface area contributed by atoms with Gasteiger partial charge in [-0.3, -0.25) is 19.3 Å². The Morgan fingerprint density at radius 1 is 1.06 bits per heavy atom. The summed E-state index contributed by atoms with van der Waals surface area (Å²) < 4.78 is 5.10. The van der Waals surface area contributed by atoms with E-state index in [1.807, 2.05) is 0 Å². The van der Waals surface area contributed by atoms with Gasteiger partial charge in [0.2, 0.25) is 11.8 Å². The fraction of sp³-hybridized carbons (Fsp3) is 0.333. The highest BCUT2D eigenvalue weighted by Gasteiger charge is 2.50. The molecule has 1 saturated heterocycles. The van der Waals surface area contributed by atoms with E-state index in [1.165, 1.54) is 17.0 Å². The van der Waals surface area contributed by atoms with Gasteiger partial charge in [0.15, 0.2) is 6.61 Å². The Hall–Kier alpha value is -3.19. The van der Waals surface area contributed by atoms with E-state index >= 15 is 0 Å². The summed E-state index contributed by atoms with van der Waals surface area (Å²) in [7, 11) is 0. The van der Waals surface area contributed by atoms with Gasteiger partial charge in [-0.1, -0.05) is 30.7 Å². The van der Waals surface area contributed by atoms with E-state index in [0.717, 1.165) is 6.42 Å². The molecule has 0 unspecified atom stereocenters. The van der Waals surface area contributed by atoms with E-state index in [4.69, 9.17) is 16.3 Å². The molecule has 1 N–H and O–H groups in total. The third kappa shape index (κ3) is 4.53. The van der Waals surface area contributed by atoms with Crippen molar-refractivity contribution in [3.05, 3.63) is 59.1 Å². The van der Waals surface area contributed by atoms with Crippen LogP contribution in [0.15, 0.2) is 48.5 Å². The average Bonchev–Trinajstić information content (AvgIpc) is 3.01. The lowest BCUT2D eigenvalue weighted by Crippen LogP contribution is -2.31. The number of carbonyl (C=O) groups excluding carboxylic acids is 4. The maximum atomic E-state index is 12.9. The minimum Gasteiger partial charge on any atom is -0.452 e. The molecular formula is C24H23ClN2O5. The van der Waals surface area contributed by atoms with Gasteiger partial charge in [0.05, 0.1) is 23.1 Å². The summed E-state index contributed by atoms with van der Waals surface area (Å²) in [5, 5.41) is 3.06. The van der Waals surface area contributed by atoms with E-state index in [2.05, 4.69) is 12.2 Å². The van der Waals surface area contributed by atoms with Crippen molar-refractivity contribution < 1.29 is 23.9 Å². The molecule has 3 amide bonds. The summed E-state index contributed by atoms with van der Waals surface area (Å²) in [4.78, 5) is 51.5. The lowest BCUT2D eigenvalue weighted by atomic mass is 9.76. The van der Waals surface area contributed by atoms with Gasteiger partial charge in [0.25, 0.3) is 5.91 Å². The first-order valence-corrected chi connectivity index (χ1v) is 10.9. The third-order valence-corrected chi connectivity index (χ3v) is 6.21. The first-order valence-electron chi connectivity index (χ1n) is 10.5. The molecule has 166 valence electrons. The molecule has 2 aromatic rings. The number of rotatable bonds is 5. The Morgan fingerprint density at radius 2 is 1.81 bits per heavy atom. The number of fused-ring (bicyclic) bond motifs is 1. The minimum absolute atomic E-state index is 0.155. The highest BCUT2D eigenvalue weighted by atomic mass is 35.5. The number of hydrogen-bond donors (Lipinski definition) is 1. The first kappa shape index (κ1) is 22.0. The largest absolute Gasteiger partial charge is 0.452 e. The monoisotopic (exact) mass is 454 g/mol. The molecule has 0 radical (unpaired) electrons. The van der Waals surface area contributed by atoms with Crippen LogP contribution in [0.5, 0.6) is 0 Å². The van der Waals surface area contributed by atoms with Crippen molar-refractivity contribution in [3.8, 4) is 0 Å². The second-order valence-corrected chi connectivity index (χ2v) is 8.76. The fourth-order valence-electron chi connectivity index (χ4n) is 4.39. The number of halogens is 1. The number of carbonyl (C=O) groups is 4. The van der Waals surface area contributed by atoms with Gasteiger partial charge in [-0.15, -0.1) is 0 Å². The van der Waals surface area contributed by atoms with Crippen LogP contribution in [0.25, 0.3) is 0 Å². The number of hydrogen-bond acceptors (Lipinski definition) is 5. The molecule has 0 bridgehead atoms. The molecule has 0 aromatic heterocycles. The molecule has 2 aromatic carbocycles. The van der Waals surface area contributed by atoms with E-state index in [1.54, 1.807) is 36.4 Å². The number of anilines is 2. The van der Waals surface area contributed by atoms with Gasteiger partial charge >= 0.3 is 5.97 Å². The van der Waals surface area contributed by atoms with Crippen LogP contribution in [0.1, 0.15) is 36.5 Å². The van der Waals surface area contributed by atoms with Crippen LogP contribution in [-0.4, -0.2) is 30.3 Å². The van der Waals surface area contributed by atoms with Crippen molar-refractivity contribution >= 4 is 46.7 Å². The summed E-state index contributed by atoms with van der Waals surface area (Å²) in [6.45, 7) is 1.61. The summed E-state index contributed by atoms with van der Waals surface area (Å²) in [5.74, 6) is -1.83. The first-order chi connectivity index (χ1) is 15.3. The lowest BCUT2D eigenvalue weighted by molar-refractivity contribution is -0.122. The van der Waals surface area contributed by atoms with Gasteiger partial charge in [-0.05, 0) is 61.6 Å². The van der Waals surface area contributed by atoms with Crippen molar-refractivity contribution in [2.45, 2.75) is 26.2 Å². The number of ether oxygens (including phenoxy) is 1. The van der Waals surface area contributed by atoms with Gasteiger partial charge in [-0.25, -0.2) is 4.79 Å². The molecule has 1 heterocycles. The standard InChI is InChI=1S/C24H23ClN2O5/c1-14-8-9-19-20(10-14)23(30)27(22(19)29)18-7-2-4-15(11-18)24(31)32-13-21(28)26-17-6-3-5-16(25)12-17/h2-7,11-12,14,19-20H,8-10,13H2,1H3,(H,26,28)/t14-,19-,20-/m1/s1. The van der Waals surface area contributed by atoms with Gasteiger partial charge in [0, 0.05) is 10.7 Å². The van der Waals surface area contributed by atoms with Crippen LogP contribution in [0.2, 0.25) is 5.02 Å². The molecule has 3 atom stereocenters. The normalized spacial score (nSPS) is 22.4. The van der Waals surface area contributed by atoms with Gasteiger partial charge in [0.1, 0.15) is 0 Å². The Balaban J connectivity index is 1.41. The van der Waals surface area contributed by atoms with E-state index in [0.29, 0.717) is 35.2 Å². The zero-order valence-electron chi connectivity index (χ0n) is 17.5. The number of amides is 3. The predicted octanol–water partition coefficient (Wildman–Crippen LogP) is 4.06. The van der Waals surface area contributed by atoms with Crippen molar-refractivity contribution in [1.29, 1.82) is 0 Å². The van der Waals surface area contributed by atoms with Crippen molar-refractivity contribution in [3.63, 3.8) is 0 Å². The zero-order chi connectivity index (χ0) is 22.8. The van der Waals surface area contributed by atoms with Crippen LogP contribution in [0, 0.1) is 17.8 Å². The number of nitrogens with zero attached hydrogens (tertiary/aromatic N) is 1. The molecule has 4 rings (SSSR count). The second kappa shape index (κ2) is 9.12. The Labute approximate surface area is 190 Å². The fourth-order valence-corrected chi connectivity index (χ4v) is 4.58. The number of esters is 1. The van der Waals surface area contributed by atoms with E-state index in [-0.39, 0.29) is 29.2 Å². The van der Waals surface area contributed by atoms with Crippen LogP contribution in [-0.2, 0) is 19.1 Å². The molecule has 7 nitrogen and oxygen atoms in total. The van der Waals surface area contributed by atoms with Crippen LogP contribution in [0.3, 0.4) is 0 Å². The molecule has 1 aliphatic heterocycles. The average molecular weight is 455 g/mol. The van der Waals surface area contributed by atoms with Gasteiger partial charge in [-0.2, -0.15) is 0 Å². The second-order valence-electron chi connectivity index (χ2n) is 8.33. The molecule has 1 saturated carbocycles. The molecular weight excluding hydrogens is 432 g/mol. The maximum absolute atomic E-state index is 12.9. The molecule has 2 aliphatic rings. The number of nitrogens with one attached hydrogen (secondary N) is 1. The summed E-state index contributed by atoms with van der Waals surface area (Å²) in [6, 6.07) is 12.8. The predicted molar refractivity (Wildman–Crippen MR) is 119 cm³/mol. The third-order valence-electron chi connectivity index (χ3n) is 5.97. The Bertz CT molecular complexity index is 1090. The lowest BCUT2D eigenvalue weighted by Gasteiger charge is -2.25. The Morgan fingerprint density at radius 3 is 2.59 bits per heavy atom. The summed E-state index contributed by atoms with van der Waals surface area (Å²) >= 11 is 5.88. The van der Waals surface area contributed by atoms with Crippen LogP contribution < -0.4 is 10.2 Å². The zero-order valence-corrected chi connectivity index (χ0v) is 18.3. The topological polar surface area (TPSA) is 92.8 Å². The quantitative estimate of drug-likeness (QED) is 0.543. The van der Waals surface area contributed by atoms with Crippen LogP contribution in [0.4, 0.5) is 11.4 Å². The molecule has 1 aliphatic carbocycles. The minimum atomic E-state index is -0.724.